The fourth-order valence-electron chi connectivity index (χ4n) is 6.76. The molecule has 6 rings (SSSR count). The van der Waals surface area contributed by atoms with Crippen LogP contribution in [0.2, 0.25) is 0 Å². The highest BCUT2D eigenvalue weighted by molar-refractivity contribution is 7.92. The van der Waals surface area contributed by atoms with Crippen LogP contribution >= 0.6 is 0 Å². The lowest BCUT2D eigenvalue weighted by Gasteiger charge is -2.39. The van der Waals surface area contributed by atoms with Gasteiger partial charge in [0.2, 0.25) is 5.95 Å². The molecule has 2 aliphatic rings. The lowest BCUT2D eigenvalue weighted by molar-refractivity contribution is -0.134. The Morgan fingerprint density at radius 1 is 0.780 bits per heavy atom. The summed E-state index contributed by atoms with van der Waals surface area (Å²) in [7, 11) is 0.0348. The number of aryl methyl sites for hydroxylation is 3. The molecule has 1 atom stereocenters. The first-order valence-electron chi connectivity index (χ1n) is 18.4. The van der Waals surface area contributed by atoms with E-state index in [0.717, 1.165) is 73.7 Å². The van der Waals surface area contributed by atoms with Crippen LogP contribution in [0.4, 0.5) is 5.95 Å². The van der Waals surface area contributed by atoms with Gasteiger partial charge in [-0.05, 0) is 118 Å². The van der Waals surface area contributed by atoms with Gasteiger partial charge in [0.15, 0.2) is 0 Å². The van der Waals surface area contributed by atoms with Crippen LogP contribution in [-0.4, -0.2) is 123 Å². The number of carboxylic acid groups (broad SMARTS) is 4. The number of likely N-dealkylation sites (N-methyl/N-ethyl adjacent to an activating group) is 1. The Hall–Kier alpha value is -6.37. The Bertz CT molecular complexity index is 2250. The summed E-state index contributed by atoms with van der Waals surface area (Å²) in [5.41, 5.74) is 8.28. The van der Waals surface area contributed by atoms with Gasteiger partial charge in [0, 0.05) is 79.3 Å². The maximum absolute atomic E-state index is 13.2. The van der Waals surface area contributed by atoms with Gasteiger partial charge in [0.05, 0.1) is 17.7 Å². The van der Waals surface area contributed by atoms with Gasteiger partial charge in [0.1, 0.15) is 5.75 Å². The molecule has 2 aromatic carbocycles. The van der Waals surface area contributed by atoms with Crippen LogP contribution in [0.15, 0.2) is 83.8 Å². The van der Waals surface area contributed by atoms with Crippen molar-refractivity contribution in [2.24, 2.45) is 0 Å². The predicted molar refractivity (Wildman–Crippen MR) is 219 cm³/mol. The van der Waals surface area contributed by atoms with Crippen LogP contribution in [0, 0.1) is 20.8 Å². The van der Waals surface area contributed by atoms with Gasteiger partial charge in [-0.25, -0.2) is 42.3 Å². The second-order valence-corrected chi connectivity index (χ2v) is 15.5. The zero-order valence-corrected chi connectivity index (χ0v) is 34.1. The molecule has 1 aliphatic heterocycles. The second kappa shape index (κ2) is 20.4. The van der Waals surface area contributed by atoms with E-state index < -0.39 is 33.9 Å². The Balaban J connectivity index is 0.000000406. The Morgan fingerprint density at radius 3 is 1.81 bits per heavy atom. The molecule has 0 spiro atoms. The Morgan fingerprint density at radius 2 is 1.32 bits per heavy atom. The first kappa shape index (κ1) is 45.3. The molecular weight excluding hydrogens is 785 g/mol. The van der Waals surface area contributed by atoms with Crippen LogP contribution in [0.1, 0.15) is 34.6 Å². The lowest BCUT2D eigenvalue weighted by atomic mass is 9.91. The molecule has 0 radical (unpaired) electrons. The molecule has 4 aromatic rings. The van der Waals surface area contributed by atoms with Crippen molar-refractivity contribution in [1.29, 1.82) is 0 Å². The molecule has 3 heterocycles. The van der Waals surface area contributed by atoms with Crippen molar-refractivity contribution in [1.82, 2.24) is 24.3 Å². The summed E-state index contributed by atoms with van der Waals surface area (Å²) < 4.78 is 36.8. The number of aliphatic carboxylic acids is 4. The summed E-state index contributed by atoms with van der Waals surface area (Å²) in [6.45, 7) is 10.1. The Kier molecular flexibility index (Phi) is 15.6. The molecule has 5 N–H and O–H groups in total. The third-order valence-electron chi connectivity index (χ3n) is 9.46. The maximum Gasteiger partial charge on any atom is 0.328 e. The molecule has 1 aliphatic carbocycles. The summed E-state index contributed by atoms with van der Waals surface area (Å²) in [4.78, 5) is 51.9. The molecule has 0 amide bonds. The number of piperazine rings is 1. The van der Waals surface area contributed by atoms with Crippen molar-refractivity contribution in [2.45, 2.75) is 51.0 Å². The largest absolute Gasteiger partial charge is 0.496 e. The van der Waals surface area contributed by atoms with E-state index in [4.69, 9.17) is 25.2 Å². The molecule has 59 heavy (non-hydrogen) atoms. The summed E-state index contributed by atoms with van der Waals surface area (Å²) in [6.07, 6.45) is 5.32. The highest BCUT2D eigenvalue weighted by Gasteiger charge is 2.30. The van der Waals surface area contributed by atoms with Crippen molar-refractivity contribution >= 4 is 39.8 Å². The minimum Gasteiger partial charge on any atom is -0.496 e. The number of sulfonamides is 1. The average molecular weight is 833 g/mol. The van der Waals surface area contributed by atoms with E-state index in [0.29, 0.717) is 41.7 Å². The number of nitrogens with zero attached hydrogens (tertiary/aromatic N) is 5. The number of benzene rings is 2. The van der Waals surface area contributed by atoms with Crippen LogP contribution in [-0.2, 0) is 42.0 Å². The number of ether oxygens (including phenoxy) is 1. The maximum atomic E-state index is 13.2. The number of hydrogen-bond acceptors (Lipinski definition) is 11. The fraction of sp³-hybridized carbons (Fsp3) is 0.317. The van der Waals surface area contributed by atoms with Gasteiger partial charge < -0.3 is 34.6 Å². The van der Waals surface area contributed by atoms with Crippen molar-refractivity contribution in [3.63, 3.8) is 0 Å². The lowest BCUT2D eigenvalue weighted by Crippen LogP contribution is -2.50. The van der Waals surface area contributed by atoms with Crippen LogP contribution in [0.5, 0.6) is 5.75 Å². The quantitative estimate of drug-likeness (QED) is 0.133. The van der Waals surface area contributed by atoms with Gasteiger partial charge in [0.25, 0.3) is 10.0 Å². The number of methoxy groups -OCH3 is 1. The Labute approximate surface area is 342 Å². The highest BCUT2D eigenvalue weighted by atomic mass is 32.2. The first-order chi connectivity index (χ1) is 27.9. The van der Waals surface area contributed by atoms with E-state index >= 15 is 0 Å². The average Bonchev–Trinajstić information content (AvgIpc) is 3.55. The van der Waals surface area contributed by atoms with E-state index in [1.807, 2.05) is 32.0 Å². The number of anilines is 1. The number of nitrogens with one attached hydrogen (secondary N) is 1. The number of rotatable bonds is 11. The fourth-order valence-corrected chi connectivity index (χ4v) is 7.71. The van der Waals surface area contributed by atoms with Gasteiger partial charge >= 0.3 is 23.9 Å². The normalized spacial score (nSPS) is 15.6. The van der Waals surface area contributed by atoms with Gasteiger partial charge in [-0.3, -0.25) is 4.90 Å². The van der Waals surface area contributed by atoms with Crippen molar-refractivity contribution < 1.29 is 52.8 Å². The minimum absolute atomic E-state index is 0.0770. The van der Waals surface area contributed by atoms with Crippen LogP contribution in [0.25, 0.3) is 16.9 Å². The van der Waals surface area contributed by atoms with E-state index in [1.54, 1.807) is 25.3 Å². The molecule has 2 aromatic heterocycles. The second-order valence-electron chi connectivity index (χ2n) is 13.9. The van der Waals surface area contributed by atoms with Crippen molar-refractivity contribution in [3.8, 4) is 22.7 Å². The molecule has 0 bridgehead atoms. The molecule has 1 saturated heterocycles. The van der Waals surface area contributed by atoms with E-state index in [1.165, 1.54) is 11.3 Å². The number of carbonyl (C=O) groups is 4. The van der Waals surface area contributed by atoms with Crippen molar-refractivity contribution in [2.75, 3.05) is 45.1 Å². The highest BCUT2D eigenvalue weighted by Crippen LogP contribution is 2.37. The van der Waals surface area contributed by atoms with E-state index in [-0.39, 0.29) is 10.8 Å². The number of fused-ring (bicyclic) bond motifs is 1. The summed E-state index contributed by atoms with van der Waals surface area (Å²) in [5, 5.41) is 31.2. The SMILES string of the molecule is COc1ccc(-c2cc3c(n2-c2ccc(S(=O)(=O)Nc4nc(C)cc(C)n4)cc2)CCC(N2CCN(C)CC2)C3)cc1C.O=C(O)/C=C/C(=O)O.O=C(O)/C=C/C(=O)O. The summed E-state index contributed by atoms with van der Waals surface area (Å²) in [6, 6.07) is 18.1. The van der Waals surface area contributed by atoms with Crippen molar-refractivity contribution in [3.05, 3.63) is 107 Å². The van der Waals surface area contributed by atoms with E-state index in [9.17, 15) is 27.6 Å². The topological polar surface area (TPSA) is 242 Å². The molecule has 0 saturated carbocycles. The first-order valence-corrected chi connectivity index (χ1v) is 19.9. The van der Waals surface area contributed by atoms with Gasteiger partial charge in [-0.1, -0.05) is 0 Å². The summed E-state index contributed by atoms with van der Waals surface area (Å²) >= 11 is 0. The number of hydrogen-bond donors (Lipinski definition) is 5. The predicted octanol–water partition coefficient (Wildman–Crippen LogP) is 4.20. The van der Waals surface area contributed by atoms with E-state index in [2.05, 4.69) is 61.2 Å². The van der Waals surface area contributed by atoms with Crippen LogP contribution in [0.3, 0.4) is 0 Å². The molecule has 1 fully saturated rings. The molecule has 314 valence electrons. The van der Waals surface area contributed by atoms with Crippen LogP contribution < -0.4 is 9.46 Å². The van der Waals surface area contributed by atoms with Gasteiger partial charge in [-0.15, -0.1) is 0 Å². The molecular formula is C41H48N6O11S. The zero-order chi connectivity index (χ0) is 43.4. The third kappa shape index (κ3) is 13.1. The standard InChI is InChI=1S/C33H40N6O3S.2C4H4O4/c1-22-18-25(6-13-32(22)42-5)31-21-26-20-28(38-16-14-37(4)15-17-38)9-12-30(26)39(31)27-7-10-29(11-8-27)43(40,41)36-33-34-23(2)19-24(3)35-33;2*5-3(6)1-2-4(7)8/h6-8,10-11,13,18-19,21,28H,9,12,14-17,20H2,1-5H3,(H,34,35,36);2*1-2H,(H,5,6)(H,7,8)/b;2*2-1+. The monoisotopic (exact) mass is 832 g/mol. The summed E-state index contributed by atoms with van der Waals surface area (Å²) in [5.74, 6) is -4.09. The molecule has 1 unspecified atom stereocenters. The third-order valence-corrected chi connectivity index (χ3v) is 10.8. The van der Waals surface area contributed by atoms with Gasteiger partial charge in [-0.2, -0.15) is 0 Å². The number of aromatic nitrogens is 3. The zero-order valence-electron chi connectivity index (χ0n) is 33.3. The molecule has 18 heteroatoms. The minimum atomic E-state index is -3.86. The number of carboxylic acids is 4. The smallest absolute Gasteiger partial charge is 0.328 e. The molecule has 17 nitrogen and oxygen atoms in total.